The van der Waals surface area contributed by atoms with E-state index in [9.17, 15) is 0 Å². The molecule has 0 saturated heterocycles. The lowest BCUT2D eigenvalue weighted by atomic mass is 10.1. The molecular weight excluding hydrogens is 272 g/mol. The molecule has 1 aromatic carbocycles. The number of hydrogen-bond acceptors (Lipinski definition) is 1. The topological polar surface area (TPSA) is 20.2 Å². The Morgan fingerprint density at radius 2 is 1.64 bits per heavy atom. The van der Waals surface area contributed by atoms with Gasteiger partial charge >= 0.3 is 0 Å². The van der Waals surface area contributed by atoms with E-state index < -0.39 is 0 Å². The maximum Gasteiger partial charge on any atom is 0.119 e. The molecule has 1 N–H and O–H groups in total. The van der Waals surface area contributed by atoms with Gasteiger partial charge in [0.2, 0.25) is 0 Å². The number of aliphatic hydroxyl groups is 1. The Labute approximate surface area is 82.7 Å². The van der Waals surface area contributed by atoms with Crippen molar-refractivity contribution >= 4 is 31.9 Å². The van der Waals surface area contributed by atoms with E-state index in [1.165, 1.54) is 0 Å². The average Bonchev–Trinajstić information content (AvgIpc) is 1.85. The van der Waals surface area contributed by atoms with Crippen LogP contribution in [0, 0.1) is 6.10 Å². The Morgan fingerprint density at radius 1 is 1.18 bits per heavy atom. The molecule has 1 nitrogen and oxygen atoms in total. The summed E-state index contributed by atoms with van der Waals surface area (Å²) in [4.78, 5) is 0. The second-order valence-electron chi connectivity index (χ2n) is 2.24. The molecule has 1 aromatic rings. The third-order valence-corrected chi connectivity index (χ3v) is 2.20. The van der Waals surface area contributed by atoms with Gasteiger partial charge in [-0.05, 0) is 30.7 Å². The molecule has 0 spiro atoms. The van der Waals surface area contributed by atoms with Crippen molar-refractivity contribution in [1.29, 1.82) is 0 Å². The lowest BCUT2D eigenvalue weighted by molar-refractivity contribution is 0.341. The van der Waals surface area contributed by atoms with Gasteiger partial charge in [0.1, 0.15) is 6.10 Å². The molecule has 0 bridgehead atoms. The van der Waals surface area contributed by atoms with E-state index in [4.69, 9.17) is 5.11 Å². The summed E-state index contributed by atoms with van der Waals surface area (Å²) >= 11 is 6.65. The van der Waals surface area contributed by atoms with E-state index in [1.54, 1.807) is 6.92 Å². The van der Waals surface area contributed by atoms with E-state index in [1.807, 2.05) is 18.2 Å². The summed E-state index contributed by atoms with van der Waals surface area (Å²) < 4.78 is 1.91. The maximum atomic E-state index is 9.15. The van der Waals surface area contributed by atoms with E-state index in [2.05, 4.69) is 31.9 Å². The molecule has 0 aliphatic carbocycles. The molecule has 0 unspecified atom stereocenters. The highest BCUT2D eigenvalue weighted by atomic mass is 79.9. The first-order valence-electron chi connectivity index (χ1n) is 3.08. The average molecular weight is 279 g/mol. The number of rotatable bonds is 1. The van der Waals surface area contributed by atoms with Crippen molar-refractivity contribution in [3.8, 4) is 0 Å². The smallest absolute Gasteiger partial charge is 0.119 e. The second-order valence-corrected chi connectivity index (χ2v) is 4.07. The zero-order valence-corrected chi connectivity index (χ0v) is 9.11. The molecule has 11 heavy (non-hydrogen) atoms. The summed E-state index contributed by atoms with van der Waals surface area (Å²) in [6, 6.07) is 5.65. The molecule has 0 fully saturated rings. The highest BCUT2D eigenvalue weighted by Gasteiger charge is 2.03. The summed E-state index contributed by atoms with van der Waals surface area (Å²) in [7, 11) is 0. The molecule has 0 aliphatic heterocycles. The van der Waals surface area contributed by atoms with Crippen LogP contribution in [0.5, 0.6) is 0 Å². The molecule has 1 rings (SSSR count). The molecule has 0 amide bonds. The number of aliphatic hydroxyl groups excluding tert-OH is 1. The summed E-state index contributed by atoms with van der Waals surface area (Å²) in [6.45, 7) is 1.66. The van der Waals surface area contributed by atoms with Crippen molar-refractivity contribution in [1.82, 2.24) is 0 Å². The third-order valence-electron chi connectivity index (χ3n) is 1.28. The summed E-state index contributed by atoms with van der Waals surface area (Å²) in [5.41, 5.74) is 0.825. The maximum absolute atomic E-state index is 9.15. The van der Waals surface area contributed by atoms with Gasteiger partial charge in [-0.15, -0.1) is 0 Å². The van der Waals surface area contributed by atoms with Gasteiger partial charge in [0.15, 0.2) is 0 Å². The van der Waals surface area contributed by atoms with E-state index in [0.29, 0.717) is 6.10 Å². The molecule has 0 aromatic heterocycles. The fraction of sp³-hybridized carbons (Fsp3) is 0.125. The van der Waals surface area contributed by atoms with Gasteiger partial charge < -0.3 is 5.11 Å². The summed E-state index contributed by atoms with van der Waals surface area (Å²) in [5.74, 6) is 0. The molecule has 59 valence electrons. The van der Waals surface area contributed by atoms with Crippen molar-refractivity contribution in [2.45, 2.75) is 6.92 Å². The lowest BCUT2D eigenvalue weighted by Crippen LogP contribution is -1.91. The lowest BCUT2D eigenvalue weighted by Gasteiger charge is -2.03. The molecule has 0 saturated carbocycles. The first-order valence-corrected chi connectivity index (χ1v) is 4.67. The predicted octanol–water partition coefficient (Wildman–Crippen LogP) is 3.48. The fourth-order valence-electron chi connectivity index (χ4n) is 0.763. The minimum Gasteiger partial charge on any atom is -0.382 e. The first kappa shape index (κ1) is 9.23. The van der Waals surface area contributed by atoms with Gasteiger partial charge in [-0.1, -0.05) is 31.9 Å². The zero-order valence-electron chi connectivity index (χ0n) is 5.94. The minimum atomic E-state index is 0.326. The Kier molecular flexibility index (Phi) is 3.10. The van der Waals surface area contributed by atoms with Crippen LogP contribution in [-0.4, -0.2) is 5.11 Å². The zero-order chi connectivity index (χ0) is 8.43. The Morgan fingerprint density at radius 3 is 2.00 bits per heavy atom. The number of hydrogen-bond donors (Lipinski definition) is 1. The van der Waals surface area contributed by atoms with Gasteiger partial charge in [-0.25, -0.2) is 0 Å². The van der Waals surface area contributed by atoms with Gasteiger partial charge in [-0.2, -0.15) is 0 Å². The molecule has 3 heteroatoms. The highest BCUT2D eigenvalue weighted by molar-refractivity contribution is 9.11. The van der Waals surface area contributed by atoms with Crippen LogP contribution < -0.4 is 0 Å². The molecule has 0 aliphatic rings. The standard InChI is InChI=1S/C8H7Br2O/c1-5(11)6-2-7(9)4-8(10)3-6/h2-4,11H,1H3. The number of halogens is 2. The van der Waals surface area contributed by atoms with Gasteiger partial charge in [0.05, 0.1) is 0 Å². The first-order chi connectivity index (χ1) is 5.09. The van der Waals surface area contributed by atoms with Crippen LogP contribution in [0.4, 0.5) is 0 Å². The molecule has 0 atom stereocenters. The van der Waals surface area contributed by atoms with Crippen LogP contribution in [0.15, 0.2) is 27.1 Å². The summed E-state index contributed by atoms with van der Waals surface area (Å²) in [5, 5.41) is 9.15. The Hall–Kier alpha value is 0.140. The minimum absolute atomic E-state index is 0.326. The van der Waals surface area contributed by atoms with Crippen molar-refractivity contribution in [2.75, 3.05) is 0 Å². The fourth-order valence-corrected chi connectivity index (χ4v) is 2.06. The van der Waals surface area contributed by atoms with Crippen LogP contribution in [-0.2, 0) is 0 Å². The normalized spacial score (nSPS) is 10.6. The monoisotopic (exact) mass is 277 g/mol. The quantitative estimate of drug-likeness (QED) is 0.834. The Bertz CT molecular complexity index is 238. The highest BCUT2D eigenvalue weighted by Crippen LogP contribution is 2.23. The van der Waals surface area contributed by atoms with E-state index in [0.717, 1.165) is 14.5 Å². The molecule has 1 radical (unpaired) electrons. The third kappa shape index (κ3) is 2.58. The van der Waals surface area contributed by atoms with Crippen LogP contribution in [0.2, 0.25) is 0 Å². The molecular formula is C8H7Br2O. The van der Waals surface area contributed by atoms with Gasteiger partial charge in [-0.3, -0.25) is 0 Å². The van der Waals surface area contributed by atoms with Crippen molar-refractivity contribution in [3.05, 3.63) is 38.8 Å². The van der Waals surface area contributed by atoms with Gasteiger partial charge in [0, 0.05) is 8.95 Å². The van der Waals surface area contributed by atoms with E-state index in [-0.39, 0.29) is 0 Å². The Balaban J connectivity index is 3.08. The molecule has 0 heterocycles. The van der Waals surface area contributed by atoms with E-state index >= 15 is 0 Å². The van der Waals surface area contributed by atoms with Crippen LogP contribution in [0.25, 0.3) is 0 Å². The van der Waals surface area contributed by atoms with Crippen LogP contribution in [0.3, 0.4) is 0 Å². The predicted molar refractivity (Wildman–Crippen MR) is 51.8 cm³/mol. The number of benzene rings is 1. The largest absolute Gasteiger partial charge is 0.382 e. The van der Waals surface area contributed by atoms with Crippen molar-refractivity contribution in [2.24, 2.45) is 0 Å². The second kappa shape index (κ2) is 3.70. The van der Waals surface area contributed by atoms with Crippen LogP contribution >= 0.6 is 31.9 Å². The van der Waals surface area contributed by atoms with Crippen LogP contribution in [0.1, 0.15) is 12.5 Å². The summed E-state index contributed by atoms with van der Waals surface area (Å²) in [6.07, 6.45) is 0.326. The van der Waals surface area contributed by atoms with Gasteiger partial charge in [0.25, 0.3) is 0 Å². The van der Waals surface area contributed by atoms with Crippen molar-refractivity contribution < 1.29 is 5.11 Å². The SMILES string of the molecule is C[C](O)c1cc(Br)cc(Br)c1. The van der Waals surface area contributed by atoms with Crippen molar-refractivity contribution in [3.63, 3.8) is 0 Å².